The summed E-state index contributed by atoms with van der Waals surface area (Å²) in [6, 6.07) is -0.0118. The smallest absolute Gasteiger partial charge is 0.410 e. The Kier molecular flexibility index (Phi) is 5.48. The third kappa shape index (κ3) is 4.70. The maximum absolute atomic E-state index is 12.0. The normalized spacial score (nSPS) is 15.9. The van der Waals surface area contributed by atoms with Crippen molar-refractivity contribution in [2.24, 2.45) is 0 Å². The molecule has 1 fully saturated rings. The molecule has 0 spiro atoms. The Morgan fingerprint density at radius 2 is 2.04 bits per heavy atom. The van der Waals surface area contributed by atoms with Crippen LogP contribution < -0.4 is 5.32 Å². The molecule has 1 N–H and O–H groups in total. The van der Waals surface area contributed by atoms with Crippen LogP contribution in [-0.4, -0.2) is 45.6 Å². The van der Waals surface area contributed by atoms with E-state index in [0.717, 1.165) is 0 Å². The van der Waals surface area contributed by atoms with E-state index in [1.807, 2.05) is 20.8 Å². The SMILES string of the molecule is CC(C)(C)OC(=O)N1CCC(Nc2c(Cl)cncc2[N+](=O)[O-])CC1. The number of nitrogens with one attached hydrogen (secondary N) is 1. The van der Waals surface area contributed by atoms with Gasteiger partial charge in [0.2, 0.25) is 0 Å². The molecular formula is C15H21ClN4O4. The molecular weight excluding hydrogens is 336 g/mol. The number of hydrogen-bond donors (Lipinski definition) is 1. The Morgan fingerprint density at radius 1 is 1.42 bits per heavy atom. The first-order valence-corrected chi connectivity index (χ1v) is 8.07. The molecule has 1 aromatic heterocycles. The fourth-order valence-electron chi connectivity index (χ4n) is 2.44. The third-order valence-electron chi connectivity index (χ3n) is 3.57. The van der Waals surface area contributed by atoms with E-state index in [0.29, 0.717) is 25.9 Å². The Balaban J connectivity index is 1.97. The lowest BCUT2D eigenvalue weighted by atomic mass is 10.0. The number of hydrogen-bond acceptors (Lipinski definition) is 6. The zero-order valence-corrected chi connectivity index (χ0v) is 14.7. The van der Waals surface area contributed by atoms with Gasteiger partial charge in [-0.1, -0.05) is 11.6 Å². The highest BCUT2D eigenvalue weighted by atomic mass is 35.5. The number of carbonyl (C=O) groups excluding carboxylic acids is 1. The van der Waals surface area contributed by atoms with E-state index in [4.69, 9.17) is 16.3 Å². The van der Waals surface area contributed by atoms with Crippen molar-refractivity contribution in [3.63, 3.8) is 0 Å². The van der Waals surface area contributed by atoms with E-state index >= 15 is 0 Å². The van der Waals surface area contributed by atoms with Gasteiger partial charge in [0.15, 0.2) is 0 Å². The lowest BCUT2D eigenvalue weighted by Crippen LogP contribution is -2.44. The highest BCUT2D eigenvalue weighted by Crippen LogP contribution is 2.32. The first-order chi connectivity index (χ1) is 11.2. The van der Waals surface area contributed by atoms with Crippen LogP contribution >= 0.6 is 11.6 Å². The first-order valence-electron chi connectivity index (χ1n) is 7.70. The topological polar surface area (TPSA) is 97.6 Å². The van der Waals surface area contributed by atoms with Crippen molar-refractivity contribution in [3.8, 4) is 0 Å². The minimum Gasteiger partial charge on any atom is -0.444 e. The van der Waals surface area contributed by atoms with E-state index in [-0.39, 0.29) is 28.5 Å². The van der Waals surface area contributed by atoms with Crippen molar-refractivity contribution < 1.29 is 14.5 Å². The first kappa shape index (κ1) is 18.3. The van der Waals surface area contributed by atoms with Crippen LogP contribution in [0, 0.1) is 10.1 Å². The van der Waals surface area contributed by atoms with Gasteiger partial charge in [-0.15, -0.1) is 0 Å². The van der Waals surface area contributed by atoms with Crippen LogP contribution in [0.3, 0.4) is 0 Å². The van der Waals surface area contributed by atoms with Gasteiger partial charge in [0.1, 0.15) is 17.5 Å². The quantitative estimate of drug-likeness (QED) is 0.658. The predicted octanol–water partition coefficient (Wildman–Crippen LogP) is 3.45. The highest BCUT2D eigenvalue weighted by molar-refractivity contribution is 6.33. The van der Waals surface area contributed by atoms with Crippen molar-refractivity contribution >= 4 is 29.1 Å². The number of nitro groups is 1. The molecule has 0 saturated carbocycles. The van der Waals surface area contributed by atoms with Crippen molar-refractivity contribution in [3.05, 3.63) is 27.5 Å². The second-order valence-corrected chi connectivity index (χ2v) is 7.07. The molecule has 0 unspecified atom stereocenters. The largest absolute Gasteiger partial charge is 0.444 e. The van der Waals surface area contributed by atoms with Gasteiger partial charge >= 0.3 is 11.8 Å². The van der Waals surface area contributed by atoms with Crippen molar-refractivity contribution in [1.29, 1.82) is 0 Å². The fourth-order valence-corrected chi connectivity index (χ4v) is 2.65. The van der Waals surface area contributed by atoms with E-state index < -0.39 is 10.5 Å². The number of amides is 1. The van der Waals surface area contributed by atoms with E-state index in [2.05, 4.69) is 10.3 Å². The van der Waals surface area contributed by atoms with Gasteiger partial charge in [-0.25, -0.2) is 4.79 Å². The summed E-state index contributed by atoms with van der Waals surface area (Å²) < 4.78 is 5.35. The number of rotatable bonds is 3. The molecule has 0 bridgehead atoms. The molecule has 8 nitrogen and oxygen atoms in total. The average molecular weight is 357 g/mol. The molecule has 0 radical (unpaired) electrons. The summed E-state index contributed by atoms with van der Waals surface area (Å²) in [5, 5.41) is 14.4. The van der Waals surface area contributed by atoms with E-state index in [1.165, 1.54) is 12.4 Å². The number of anilines is 1. The van der Waals surface area contributed by atoms with Gasteiger partial charge in [-0.05, 0) is 33.6 Å². The molecule has 132 valence electrons. The summed E-state index contributed by atoms with van der Waals surface area (Å²) in [7, 11) is 0. The van der Waals surface area contributed by atoms with Crippen LogP contribution in [0.4, 0.5) is 16.2 Å². The predicted molar refractivity (Wildman–Crippen MR) is 90.4 cm³/mol. The lowest BCUT2D eigenvalue weighted by Gasteiger charge is -2.34. The summed E-state index contributed by atoms with van der Waals surface area (Å²) in [5.41, 5.74) is -0.415. The molecule has 1 aliphatic heterocycles. The number of ether oxygens (including phenoxy) is 1. The van der Waals surface area contributed by atoms with E-state index in [1.54, 1.807) is 4.90 Å². The van der Waals surface area contributed by atoms with Gasteiger partial charge < -0.3 is 15.0 Å². The zero-order chi connectivity index (χ0) is 17.9. The minimum absolute atomic E-state index is 0.0118. The molecule has 2 rings (SSSR count). The van der Waals surface area contributed by atoms with E-state index in [9.17, 15) is 14.9 Å². The molecule has 2 heterocycles. The molecule has 24 heavy (non-hydrogen) atoms. The molecule has 1 amide bonds. The molecule has 1 saturated heterocycles. The van der Waals surface area contributed by atoms with Crippen LogP contribution in [0.1, 0.15) is 33.6 Å². The Morgan fingerprint density at radius 3 is 2.58 bits per heavy atom. The Bertz CT molecular complexity index is 624. The Labute approximate surface area is 145 Å². The van der Waals surface area contributed by atoms with Crippen molar-refractivity contribution in [1.82, 2.24) is 9.88 Å². The van der Waals surface area contributed by atoms with Gasteiger partial charge in [0.25, 0.3) is 0 Å². The summed E-state index contributed by atoms with van der Waals surface area (Å²) in [6.07, 6.45) is 3.50. The molecule has 9 heteroatoms. The number of piperidine rings is 1. The maximum atomic E-state index is 12.0. The highest BCUT2D eigenvalue weighted by Gasteiger charge is 2.28. The van der Waals surface area contributed by atoms with Crippen molar-refractivity contribution in [2.75, 3.05) is 18.4 Å². The Hall–Kier alpha value is -2.09. The fraction of sp³-hybridized carbons (Fsp3) is 0.600. The van der Waals surface area contributed by atoms with Gasteiger partial charge in [-0.2, -0.15) is 0 Å². The number of carbonyl (C=O) groups is 1. The van der Waals surface area contributed by atoms with Gasteiger partial charge in [0.05, 0.1) is 9.95 Å². The molecule has 0 aromatic carbocycles. The summed E-state index contributed by atoms with van der Waals surface area (Å²) in [6.45, 7) is 6.50. The van der Waals surface area contributed by atoms with Crippen LogP contribution in [0.25, 0.3) is 0 Å². The third-order valence-corrected chi connectivity index (χ3v) is 3.86. The molecule has 1 aliphatic rings. The number of halogens is 1. The van der Waals surface area contributed by atoms with Gasteiger partial charge in [-0.3, -0.25) is 15.1 Å². The number of pyridine rings is 1. The summed E-state index contributed by atoms with van der Waals surface area (Å²) in [5.74, 6) is 0. The van der Waals surface area contributed by atoms with Crippen LogP contribution in [-0.2, 0) is 4.74 Å². The maximum Gasteiger partial charge on any atom is 0.410 e. The second kappa shape index (κ2) is 7.21. The minimum atomic E-state index is -0.530. The monoisotopic (exact) mass is 356 g/mol. The number of aromatic nitrogens is 1. The van der Waals surface area contributed by atoms with Crippen LogP contribution in [0.2, 0.25) is 5.02 Å². The summed E-state index contributed by atoms with van der Waals surface area (Å²) in [4.78, 5) is 28.0. The zero-order valence-electron chi connectivity index (χ0n) is 13.9. The lowest BCUT2D eigenvalue weighted by molar-refractivity contribution is -0.384. The summed E-state index contributed by atoms with van der Waals surface area (Å²) >= 11 is 6.03. The number of nitrogens with zero attached hydrogens (tertiary/aromatic N) is 3. The van der Waals surface area contributed by atoms with Crippen LogP contribution in [0.5, 0.6) is 0 Å². The molecule has 1 aromatic rings. The van der Waals surface area contributed by atoms with Crippen molar-refractivity contribution in [2.45, 2.75) is 45.3 Å². The van der Waals surface area contributed by atoms with Gasteiger partial charge in [0, 0.05) is 25.3 Å². The second-order valence-electron chi connectivity index (χ2n) is 6.66. The molecule has 0 aliphatic carbocycles. The average Bonchev–Trinajstić information content (AvgIpc) is 2.48. The number of likely N-dealkylation sites (tertiary alicyclic amines) is 1. The molecule has 0 atom stereocenters. The standard InChI is InChI=1S/C15H21ClN4O4/c1-15(2,3)24-14(21)19-6-4-10(5-7-19)18-13-11(16)8-17-9-12(13)20(22)23/h8-10H,4-7H2,1-3H3,(H,17,18). The van der Waals surface area contributed by atoms with Crippen LogP contribution in [0.15, 0.2) is 12.4 Å².